The number of nitrogens with one attached hydrogen (secondary N) is 1. The molecule has 0 spiro atoms. The van der Waals surface area contributed by atoms with Gasteiger partial charge in [0.05, 0.1) is 12.2 Å². The fourth-order valence-electron chi connectivity index (χ4n) is 2.17. The molecule has 3 nitrogen and oxygen atoms in total. The summed E-state index contributed by atoms with van der Waals surface area (Å²) < 4.78 is 4.98. The molecule has 0 aliphatic rings. The number of para-hydroxylation sites is 1. The summed E-state index contributed by atoms with van der Waals surface area (Å²) >= 11 is 0. The number of ether oxygens (including phenoxy) is 1. The Balaban J connectivity index is 2.16. The molecule has 0 fully saturated rings. The predicted octanol–water partition coefficient (Wildman–Crippen LogP) is 4.73. The number of esters is 1. The number of rotatable bonds is 5. The molecular formula is C18H21NO2. The molecule has 0 bridgehead atoms. The summed E-state index contributed by atoms with van der Waals surface area (Å²) in [6, 6.07) is 15.6. The van der Waals surface area contributed by atoms with Crippen molar-refractivity contribution >= 4 is 17.3 Å². The van der Waals surface area contributed by atoms with Crippen LogP contribution >= 0.6 is 0 Å². The molecule has 2 aromatic carbocycles. The van der Waals surface area contributed by atoms with Crippen LogP contribution in [-0.2, 0) is 4.74 Å². The lowest BCUT2D eigenvalue weighted by Crippen LogP contribution is -2.04. The van der Waals surface area contributed by atoms with Crippen LogP contribution < -0.4 is 5.32 Å². The highest BCUT2D eigenvalue weighted by molar-refractivity contribution is 5.89. The lowest BCUT2D eigenvalue weighted by molar-refractivity contribution is 0.0526. The zero-order valence-corrected chi connectivity index (χ0v) is 12.7. The molecule has 0 atom stereocenters. The summed E-state index contributed by atoms with van der Waals surface area (Å²) in [4.78, 5) is 11.6. The van der Waals surface area contributed by atoms with Crippen molar-refractivity contribution in [2.75, 3.05) is 11.9 Å². The van der Waals surface area contributed by atoms with Crippen molar-refractivity contribution in [3.63, 3.8) is 0 Å². The Kier molecular flexibility index (Phi) is 4.99. The van der Waals surface area contributed by atoms with Gasteiger partial charge in [0.15, 0.2) is 0 Å². The molecule has 2 rings (SSSR count). The number of hydrogen-bond acceptors (Lipinski definition) is 3. The standard InChI is InChI=1S/C18H21NO2/c1-4-21-18(20)14-9-11-15(12-10-14)19-17-8-6-5-7-16(17)13(2)3/h5-13,19H,4H2,1-3H3. The van der Waals surface area contributed by atoms with Crippen LogP contribution in [0.1, 0.15) is 42.6 Å². The van der Waals surface area contributed by atoms with Crippen molar-refractivity contribution in [2.45, 2.75) is 26.7 Å². The molecule has 110 valence electrons. The van der Waals surface area contributed by atoms with Gasteiger partial charge in [0.1, 0.15) is 0 Å². The SMILES string of the molecule is CCOC(=O)c1ccc(Nc2ccccc2C(C)C)cc1. The van der Waals surface area contributed by atoms with Gasteiger partial charge in [-0.15, -0.1) is 0 Å². The molecule has 1 N–H and O–H groups in total. The lowest BCUT2D eigenvalue weighted by atomic mass is 10.0. The van der Waals surface area contributed by atoms with E-state index in [0.717, 1.165) is 11.4 Å². The lowest BCUT2D eigenvalue weighted by Gasteiger charge is -2.14. The second kappa shape index (κ2) is 6.93. The minimum atomic E-state index is -0.286. The molecule has 0 saturated heterocycles. The Morgan fingerprint density at radius 2 is 1.76 bits per heavy atom. The molecule has 0 saturated carbocycles. The molecule has 0 radical (unpaired) electrons. The van der Waals surface area contributed by atoms with Crippen molar-refractivity contribution in [2.24, 2.45) is 0 Å². The van der Waals surface area contributed by atoms with Gasteiger partial charge < -0.3 is 10.1 Å². The van der Waals surface area contributed by atoms with Crippen LogP contribution in [0, 0.1) is 0 Å². The molecule has 0 amide bonds. The Hall–Kier alpha value is -2.29. The summed E-state index contributed by atoms with van der Waals surface area (Å²) in [5.74, 6) is 0.166. The van der Waals surface area contributed by atoms with Crippen LogP contribution in [0.3, 0.4) is 0 Å². The van der Waals surface area contributed by atoms with E-state index in [4.69, 9.17) is 4.74 Å². The fourth-order valence-corrected chi connectivity index (χ4v) is 2.17. The number of carbonyl (C=O) groups is 1. The van der Waals surface area contributed by atoms with E-state index in [1.54, 1.807) is 19.1 Å². The maximum absolute atomic E-state index is 11.6. The second-order valence-corrected chi connectivity index (χ2v) is 5.16. The third-order valence-corrected chi connectivity index (χ3v) is 3.26. The van der Waals surface area contributed by atoms with Gasteiger partial charge in [-0.2, -0.15) is 0 Å². The Labute approximate surface area is 126 Å². The first-order valence-corrected chi connectivity index (χ1v) is 7.25. The molecule has 3 heteroatoms. The van der Waals surface area contributed by atoms with Crippen molar-refractivity contribution in [3.8, 4) is 0 Å². The van der Waals surface area contributed by atoms with E-state index < -0.39 is 0 Å². The second-order valence-electron chi connectivity index (χ2n) is 5.16. The Morgan fingerprint density at radius 1 is 1.10 bits per heavy atom. The maximum atomic E-state index is 11.6. The molecular weight excluding hydrogens is 262 g/mol. The molecule has 0 aromatic heterocycles. The highest BCUT2D eigenvalue weighted by Crippen LogP contribution is 2.26. The van der Waals surface area contributed by atoms with Gasteiger partial charge >= 0.3 is 5.97 Å². The largest absolute Gasteiger partial charge is 0.462 e. The zero-order chi connectivity index (χ0) is 15.2. The normalized spacial score (nSPS) is 10.5. The summed E-state index contributed by atoms with van der Waals surface area (Å²) in [5, 5.41) is 3.40. The summed E-state index contributed by atoms with van der Waals surface area (Å²) in [5.41, 5.74) is 3.89. The first-order valence-electron chi connectivity index (χ1n) is 7.25. The van der Waals surface area contributed by atoms with E-state index >= 15 is 0 Å². The van der Waals surface area contributed by atoms with Gasteiger partial charge in [-0.3, -0.25) is 0 Å². The first-order chi connectivity index (χ1) is 10.1. The first kappa shape index (κ1) is 15.1. The monoisotopic (exact) mass is 283 g/mol. The van der Waals surface area contributed by atoms with Crippen LogP contribution in [-0.4, -0.2) is 12.6 Å². The summed E-state index contributed by atoms with van der Waals surface area (Å²) in [6.45, 7) is 6.53. The number of anilines is 2. The quantitative estimate of drug-likeness (QED) is 0.806. The van der Waals surface area contributed by atoms with Crippen LogP contribution in [0.25, 0.3) is 0 Å². The van der Waals surface area contributed by atoms with Gasteiger partial charge in [-0.1, -0.05) is 32.0 Å². The van der Waals surface area contributed by atoms with Crippen LogP contribution in [0.4, 0.5) is 11.4 Å². The van der Waals surface area contributed by atoms with E-state index in [1.165, 1.54) is 5.56 Å². The van der Waals surface area contributed by atoms with Crippen LogP contribution in [0.15, 0.2) is 48.5 Å². The maximum Gasteiger partial charge on any atom is 0.338 e. The third-order valence-electron chi connectivity index (χ3n) is 3.26. The molecule has 0 heterocycles. The van der Waals surface area contributed by atoms with Gasteiger partial charge in [0.2, 0.25) is 0 Å². The van der Waals surface area contributed by atoms with Gasteiger partial charge in [0.25, 0.3) is 0 Å². The van der Waals surface area contributed by atoms with Crippen molar-refractivity contribution in [3.05, 3.63) is 59.7 Å². The zero-order valence-electron chi connectivity index (χ0n) is 12.7. The summed E-state index contributed by atoms with van der Waals surface area (Å²) in [6.07, 6.45) is 0. The average Bonchev–Trinajstić information content (AvgIpc) is 2.48. The molecule has 0 aliphatic heterocycles. The van der Waals surface area contributed by atoms with Gasteiger partial charge in [-0.25, -0.2) is 4.79 Å². The fraction of sp³-hybridized carbons (Fsp3) is 0.278. The topological polar surface area (TPSA) is 38.3 Å². The third kappa shape index (κ3) is 3.85. The van der Waals surface area contributed by atoms with Crippen LogP contribution in [0.2, 0.25) is 0 Å². The number of hydrogen-bond donors (Lipinski definition) is 1. The highest BCUT2D eigenvalue weighted by Gasteiger charge is 2.08. The molecule has 0 unspecified atom stereocenters. The van der Waals surface area contributed by atoms with Crippen molar-refractivity contribution in [1.82, 2.24) is 0 Å². The van der Waals surface area contributed by atoms with Gasteiger partial charge in [0, 0.05) is 11.4 Å². The van der Waals surface area contributed by atoms with E-state index in [1.807, 2.05) is 24.3 Å². The minimum Gasteiger partial charge on any atom is -0.462 e. The number of benzene rings is 2. The number of carbonyl (C=O) groups excluding carboxylic acids is 1. The molecule has 21 heavy (non-hydrogen) atoms. The predicted molar refractivity (Wildman–Crippen MR) is 86.2 cm³/mol. The van der Waals surface area contributed by atoms with E-state index in [2.05, 4.69) is 31.3 Å². The smallest absolute Gasteiger partial charge is 0.338 e. The van der Waals surface area contributed by atoms with Crippen LogP contribution in [0.5, 0.6) is 0 Å². The molecule has 0 aliphatic carbocycles. The average molecular weight is 283 g/mol. The van der Waals surface area contributed by atoms with E-state index in [-0.39, 0.29) is 5.97 Å². The summed E-state index contributed by atoms with van der Waals surface area (Å²) in [7, 11) is 0. The van der Waals surface area contributed by atoms with Gasteiger partial charge in [-0.05, 0) is 48.7 Å². The Morgan fingerprint density at radius 3 is 2.38 bits per heavy atom. The van der Waals surface area contributed by atoms with Crippen molar-refractivity contribution < 1.29 is 9.53 Å². The minimum absolute atomic E-state index is 0.286. The molecule has 2 aromatic rings. The Bertz CT molecular complexity index is 603. The van der Waals surface area contributed by atoms with E-state index in [0.29, 0.717) is 18.1 Å². The highest BCUT2D eigenvalue weighted by atomic mass is 16.5. The van der Waals surface area contributed by atoms with E-state index in [9.17, 15) is 4.79 Å². The van der Waals surface area contributed by atoms with Crippen molar-refractivity contribution in [1.29, 1.82) is 0 Å².